The van der Waals surface area contributed by atoms with E-state index in [-0.39, 0.29) is 0 Å². The molecule has 1 saturated heterocycles. The monoisotopic (exact) mass is 276 g/mol. The second-order valence-corrected chi connectivity index (χ2v) is 4.82. The summed E-state index contributed by atoms with van der Waals surface area (Å²) in [5.74, 6) is -0.799. The zero-order valence-corrected chi connectivity index (χ0v) is 10.6. The fraction of sp³-hybridized carbons (Fsp3) is 0.538. The Morgan fingerprint density at radius 1 is 1.37 bits per heavy atom. The zero-order valence-electron chi connectivity index (χ0n) is 10.6. The molecule has 6 heteroatoms. The molecule has 0 aromatic heterocycles. The molecule has 1 N–H and O–H groups in total. The molecule has 0 radical (unpaired) electrons. The van der Waals surface area contributed by atoms with Gasteiger partial charge in [-0.05, 0) is 44.1 Å². The first-order valence-corrected chi connectivity index (χ1v) is 6.18. The standard InChI is InChI=1S/C13H16F4N2/c1-18-7-9-4-5-19(8-9)10-2-3-12(14)11(6-10)13(15,16)17/h2-3,6,9,18H,4-5,7-8H2,1H3. The predicted molar refractivity (Wildman–Crippen MR) is 65.6 cm³/mol. The van der Waals surface area contributed by atoms with Crippen molar-refractivity contribution in [3.63, 3.8) is 0 Å². The summed E-state index contributed by atoms with van der Waals surface area (Å²) >= 11 is 0. The highest BCUT2D eigenvalue weighted by Gasteiger charge is 2.35. The number of nitrogens with zero attached hydrogens (tertiary/aromatic N) is 1. The van der Waals surface area contributed by atoms with E-state index in [1.807, 2.05) is 11.9 Å². The minimum atomic E-state index is -4.65. The molecule has 0 amide bonds. The summed E-state index contributed by atoms with van der Waals surface area (Å²) in [4.78, 5) is 1.87. The van der Waals surface area contributed by atoms with Crippen molar-refractivity contribution in [2.45, 2.75) is 12.6 Å². The van der Waals surface area contributed by atoms with Crippen LogP contribution in [-0.2, 0) is 6.18 Å². The molecule has 2 rings (SSSR count). The van der Waals surface area contributed by atoms with Crippen LogP contribution in [0.4, 0.5) is 23.2 Å². The Labute approximate surface area is 109 Å². The molecule has 1 heterocycles. The molecule has 0 aliphatic carbocycles. The largest absolute Gasteiger partial charge is 0.419 e. The summed E-state index contributed by atoms with van der Waals surface area (Å²) in [7, 11) is 1.85. The van der Waals surface area contributed by atoms with Crippen LogP contribution in [0.1, 0.15) is 12.0 Å². The lowest BCUT2D eigenvalue weighted by Crippen LogP contribution is -2.24. The van der Waals surface area contributed by atoms with Crippen molar-refractivity contribution in [2.24, 2.45) is 5.92 Å². The highest BCUT2D eigenvalue weighted by Crippen LogP contribution is 2.34. The number of nitrogens with one attached hydrogen (secondary N) is 1. The summed E-state index contributed by atoms with van der Waals surface area (Å²) in [6.07, 6.45) is -3.72. The summed E-state index contributed by atoms with van der Waals surface area (Å²) in [5, 5.41) is 3.06. The SMILES string of the molecule is CNCC1CCN(c2ccc(F)c(C(F)(F)F)c2)C1. The first kappa shape index (κ1) is 14.1. The molecule has 1 aromatic rings. The Kier molecular flexibility index (Phi) is 3.99. The maximum atomic E-state index is 13.2. The van der Waals surface area contributed by atoms with Crippen LogP contribution in [0.2, 0.25) is 0 Å². The van der Waals surface area contributed by atoms with Crippen LogP contribution < -0.4 is 10.2 Å². The van der Waals surface area contributed by atoms with Gasteiger partial charge >= 0.3 is 6.18 Å². The number of hydrogen-bond acceptors (Lipinski definition) is 2. The van der Waals surface area contributed by atoms with Crippen LogP contribution >= 0.6 is 0 Å². The topological polar surface area (TPSA) is 15.3 Å². The van der Waals surface area contributed by atoms with E-state index in [0.29, 0.717) is 24.7 Å². The molecule has 19 heavy (non-hydrogen) atoms. The third-order valence-corrected chi connectivity index (χ3v) is 3.40. The molecule has 0 bridgehead atoms. The van der Waals surface area contributed by atoms with Gasteiger partial charge in [0.2, 0.25) is 0 Å². The second kappa shape index (κ2) is 5.36. The van der Waals surface area contributed by atoms with Crippen molar-refractivity contribution < 1.29 is 17.6 Å². The number of anilines is 1. The van der Waals surface area contributed by atoms with Gasteiger partial charge in [-0.25, -0.2) is 4.39 Å². The van der Waals surface area contributed by atoms with Crippen LogP contribution in [0.15, 0.2) is 18.2 Å². The molecular weight excluding hydrogens is 260 g/mol. The average Bonchev–Trinajstić information content (AvgIpc) is 2.77. The van der Waals surface area contributed by atoms with Crippen molar-refractivity contribution >= 4 is 5.69 Å². The second-order valence-electron chi connectivity index (χ2n) is 4.82. The van der Waals surface area contributed by atoms with Gasteiger partial charge in [0.1, 0.15) is 5.82 Å². The van der Waals surface area contributed by atoms with E-state index in [1.165, 1.54) is 6.07 Å². The predicted octanol–water partition coefficient (Wildman–Crippen LogP) is 2.89. The molecule has 2 nitrogen and oxygen atoms in total. The Bertz CT molecular complexity index is 445. The van der Waals surface area contributed by atoms with Gasteiger partial charge < -0.3 is 10.2 Å². The third kappa shape index (κ3) is 3.18. The lowest BCUT2D eigenvalue weighted by Gasteiger charge is -2.20. The molecule has 1 aromatic carbocycles. The van der Waals surface area contributed by atoms with E-state index >= 15 is 0 Å². The van der Waals surface area contributed by atoms with Gasteiger partial charge in [-0.3, -0.25) is 0 Å². The van der Waals surface area contributed by atoms with Gasteiger partial charge in [0, 0.05) is 18.8 Å². The number of rotatable bonds is 3. The molecule has 0 saturated carbocycles. The summed E-state index contributed by atoms with van der Waals surface area (Å²) in [5.41, 5.74) is -0.755. The molecule has 106 valence electrons. The Morgan fingerprint density at radius 2 is 2.11 bits per heavy atom. The number of benzene rings is 1. The Morgan fingerprint density at radius 3 is 2.74 bits per heavy atom. The van der Waals surface area contributed by atoms with Crippen molar-refractivity contribution in [3.8, 4) is 0 Å². The fourth-order valence-electron chi connectivity index (χ4n) is 2.45. The first-order chi connectivity index (χ1) is 8.91. The van der Waals surface area contributed by atoms with Crippen molar-refractivity contribution in [3.05, 3.63) is 29.6 Å². The summed E-state index contributed by atoms with van der Waals surface area (Å²) in [6.45, 7) is 2.24. The highest BCUT2D eigenvalue weighted by atomic mass is 19.4. The van der Waals surface area contributed by atoms with E-state index < -0.39 is 17.6 Å². The van der Waals surface area contributed by atoms with E-state index in [0.717, 1.165) is 25.1 Å². The third-order valence-electron chi connectivity index (χ3n) is 3.40. The lowest BCUT2D eigenvalue weighted by molar-refractivity contribution is -0.139. The number of halogens is 4. The maximum absolute atomic E-state index is 13.2. The van der Waals surface area contributed by atoms with E-state index in [9.17, 15) is 17.6 Å². The summed E-state index contributed by atoms with van der Waals surface area (Å²) in [6, 6.07) is 3.20. The fourth-order valence-corrected chi connectivity index (χ4v) is 2.45. The van der Waals surface area contributed by atoms with Crippen molar-refractivity contribution in [1.82, 2.24) is 5.32 Å². The molecule has 1 fully saturated rings. The van der Waals surface area contributed by atoms with Crippen LogP contribution in [0.25, 0.3) is 0 Å². The molecule has 1 atom stereocenters. The number of hydrogen-bond donors (Lipinski definition) is 1. The first-order valence-electron chi connectivity index (χ1n) is 6.18. The van der Waals surface area contributed by atoms with Gasteiger partial charge in [-0.15, -0.1) is 0 Å². The van der Waals surface area contributed by atoms with E-state index in [4.69, 9.17) is 0 Å². The normalized spacial score (nSPS) is 20.1. The number of alkyl halides is 3. The molecule has 0 spiro atoms. The van der Waals surface area contributed by atoms with Crippen molar-refractivity contribution in [1.29, 1.82) is 0 Å². The van der Waals surface area contributed by atoms with Crippen molar-refractivity contribution in [2.75, 3.05) is 31.6 Å². The minimum Gasteiger partial charge on any atom is -0.371 e. The van der Waals surface area contributed by atoms with Crippen LogP contribution in [0.5, 0.6) is 0 Å². The van der Waals surface area contributed by atoms with Gasteiger partial charge in [0.15, 0.2) is 0 Å². The Balaban J connectivity index is 2.18. The lowest BCUT2D eigenvalue weighted by atomic mass is 10.1. The van der Waals surface area contributed by atoms with Crippen LogP contribution in [-0.4, -0.2) is 26.7 Å². The quantitative estimate of drug-likeness (QED) is 0.854. The summed E-state index contributed by atoms with van der Waals surface area (Å²) < 4.78 is 51.1. The average molecular weight is 276 g/mol. The van der Waals surface area contributed by atoms with E-state index in [2.05, 4.69) is 5.32 Å². The van der Waals surface area contributed by atoms with Gasteiger partial charge in [-0.2, -0.15) is 13.2 Å². The molecular formula is C13H16F4N2. The van der Waals surface area contributed by atoms with Gasteiger partial charge in [0.25, 0.3) is 0 Å². The minimum absolute atomic E-state index is 0.421. The highest BCUT2D eigenvalue weighted by molar-refractivity contribution is 5.50. The molecule has 1 unspecified atom stereocenters. The van der Waals surface area contributed by atoms with Gasteiger partial charge in [0.05, 0.1) is 5.56 Å². The maximum Gasteiger partial charge on any atom is 0.419 e. The molecule has 1 aliphatic rings. The van der Waals surface area contributed by atoms with Crippen LogP contribution in [0.3, 0.4) is 0 Å². The smallest absolute Gasteiger partial charge is 0.371 e. The van der Waals surface area contributed by atoms with Crippen LogP contribution in [0, 0.1) is 11.7 Å². The van der Waals surface area contributed by atoms with Gasteiger partial charge in [-0.1, -0.05) is 0 Å². The Hall–Kier alpha value is -1.30. The van der Waals surface area contributed by atoms with E-state index in [1.54, 1.807) is 0 Å². The zero-order chi connectivity index (χ0) is 14.0. The molecule has 1 aliphatic heterocycles.